The van der Waals surface area contributed by atoms with Gasteiger partial charge in [-0.2, -0.15) is 4.37 Å². The minimum absolute atomic E-state index is 0.101. The number of amides is 1. The number of aromatic hydroxyl groups is 1. The first-order valence-electron chi connectivity index (χ1n) is 9.55. The Balaban J connectivity index is 1.58. The van der Waals surface area contributed by atoms with E-state index >= 15 is 0 Å². The molecule has 0 bridgehead atoms. The maximum absolute atomic E-state index is 13.4. The summed E-state index contributed by atoms with van der Waals surface area (Å²) in [5.74, 6) is -0.639. The van der Waals surface area contributed by atoms with E-state index in [1.165, 1.54) is 11.3 Å². The molecule has 0 saturated carbocycles. The van der Waals surface area contributed by atoms with Gasteiger partial charge in [0.1, 0.15) is 5.69 Å². The fourth-order valence-electron chi connectivity index (χ4n) is 3.29. The van der Waals surface area contributed by atoms with E-state index in [9.17, 15) is 9.90 Å². The number of anilines is 1. The molecular weight excluding hydrogens is 452 g/mol. The minimum atomic E-state index is -0.421. The number of aromatic nitrogens is 3. The lowest BCUT2D eigenvalue weighted by molar-refractivity contribution is -0.122. The molecule has 6 nitrogen and oxygen atoms in total. The third-order valence-corrected chi connectivity index (χ3v) is 6.71. The number of benzene rings is 2. The van der Waals surface area contributed by atoms with Crippen molar-refractivity contribution >= 4 is 45.7 Å². The van der Waals surface area contributed by atoms with Gasteiger partial charge in [0.25, 0.3) is 0 Å². The van der Waals surface area contributed by atoms with E-state index < -0.39 is 5.92 Å². The molecule has 0 aliphatic carbocycles. The molecule has 1 N–H and O–H groups in total. The fourth-order valence-corrected chi connectivity index (χ4v) is 4.79. The van der Waals surface area contributed by atoms with Crippen LogP contribution in [0.2, 0.25) is 5.02 Å². The highest BCUT2D eigenvalue weighted by Gasteiger charge is 2.27. The number of carbonyl (C=O) groups is 1. The highest BCUT2D eigenvalue weighted by molar-refractivity contribution is 7.14. The molecule has 158 valence electrons. The summed E-state index contributed by atoms with van der Waals surface area (Å²) < 4.78 is 7.97. The lowest BCUT2D eigenvalue weighted by Crippen LogP contribution is -2.35. The second-order valence-electron chi connectivity index (χ2n) is 7.02. The lowest BCUT2D eigenvalue weighted by atomic mass is 9.93. The zero-order chi connectivity index (χ0) is 21.8. The average molecular weight is 471 g/mol. The van der Waals surface area contributed by atoms with Crippen molar-refractivity contribution in [1.82, 2.24) is 13.7 Å². The van der Waals surface area contributed by atoms with Gasteiger partial charge in [0.2, 0.25) is 11.8 Å². The maximum atomic E-state index is 13.4. The summed E-state index contributed by atoms with van der Waals surface area (Å²) in [6, 6.07) is 17.3. The smallest absolute Gasteiger partial charge is 0.246 e. The molecule has 2 heterocycles. The van der Waals surface area contributed by atoms with Gasteiger partial charge in [-0.05, 0) is 18.1 Å². The van der Waals surface area contributed by atoms with Crippen LogP contribution in [0.5, 0.6) is 5.88 Å². The van der Waals surface area contributed by atoms with E-state index in [-0.39, 0.29) is 11.8 Å². The predicted octanol–water partition coefficient (Wildman–Crippen LogP) is 5.09. The SMILES string of the molecule is CN(C(=O)C(Cc1ccccc1)Cc1nsnc1O)c1nc(-c2ccccc2Cl)cs1. The van der Waals surface area contributed by atoms with Crippen molar-refractivity contribution in [2.45, 2.75) is 12.8 Å². The Labute approximate surface area is 193 Å². The van der Waals surface area contributed by atoms with Gasteiger partial charge < -0.3 is 5.11 Å². The molecule has 4 aromatic rings. The van der Waals surface area contributed by atoms with Crippen molar-refractivity contribution < 1.29 is 9.90 Å². The Kier molecular flexibility index (Phi) is 6.60. The monoisotopic (exact) mass is 470 g/mol. The van der Waals surface area contributed by atoms with E-state index in [1.807, 2.05) is 60.0 Å². The largest absolute Gasteiger partial charge is 0.491 e. The van der Waals surface area contributed by atoms with Crippen molar-refractivity contribution in [3.63, 3.8) is 0 Å². The Bertz CT molecular complexity index is 1180. The molecule has 2 aromatic heterocycles. The van der Waals surface area contributed by atoms with Gasteiger partial charge in [0, 0.05) is 35.4 Å². The second-order valence-corrected chi connectivity index (χ2v) is 8.79. The van der Waals surface area contributed by atoms with E-state index in [1.54, 1.807) is 11.9 Å². The molecule has 31 heavy (non-hydrogen) atoms. The number of nitrogens with zero attached hydrogens (tertiary/aromatic N) is 4. The Morgan fingerprint density at radius 1 is 1.10 bits per heavy atom. The third-order valence-electron chi connectivity index (χ3n) is 4.91. The zero-order valence-electron chi connectivity index (χ0n) is 16.6. The van der Waals surface area contributed by atoms with Gasteiger partial charge >= 0.3 is 0 Å². The minimum Gasteiger partial charge on any atom is -0.491 e. The van der Waals surface area contributed by atoms with Crippen molar-refractivity contribution in [2.24, 2.45) is 5.92 Å². The normalized spacial score (nSPS) is 11.9. The number of thiazole rings is 1. The summed E-state index contributed by atoms with van der Waals surface area (Å²) in [6.07, 6.45) is 0.812. The number of rotatable bonds is 7. The van der Waals surface area contributed by atoms with Crippen LogP contribution in [0.15, 0.2) is 60.0 Å². The van der Waals surface area contributed by atoms with Gasteiger partial charge in [0.15, 0.2) is 5.13 Å². The van der Waals surface area contributed by atoms with Gasteiger partial charge in [0.05, 0.1) is 17.4 Å². The number of halogens is 1. The third kappa shape index (κ3) is 4.92. The van der Waals surface area contributed by atoms with Crippen molar-refractivity contribution in [2.75, 3.05) is 11.9 Å². The number of hydrogen-bond donors (Lipinski definition) is 1. The highest BCUT2D eigenvalue weighted by atomic mass is 35.5. The molecule has 0 radical (unpaired) electrons. The molecule has 0 spiro atoms. The van der Waals surface area contributed by atoms with Gasteiger partial charge in [-0.1, -0.05) is 60.1 Å². The van der Waals surface area contributed by atoms with Crippen LogP contribution in [0, 0.1) is 5.92 Å². The maximum Gasteiger partial charge on any atom is 0.246 e. The summed E-state index contributed by atoms with van der Waals surface area (Å²) in [5, 5.41) is 13.0. The molecule has 2 aromatic carbocycles. The van der Waals surface area contributed by atoms with Crippen molar-refractivity contribution in [3.8, 4) is 17.1 Å². The van der Waals surface area contributed by atoms with Crippen LogP contribution in [0.3, 0.4) is 0 Å². The Morgan fingerprint density at radius 3 is 2.55 bits per heavy atom. The van der Waals surface area contributed by atoms with Crippen LogP contribution in [0.25, 0.3) is 11.3 Å². The molecule has 0 aliphatic rings. The van der Waals surface area contributed by atoms with Crippen LogP contribution in [-0.4, -0.2) is 31.8 Å². The van der Waals surface area contributed by atoms with Crippen LogP contribution < -0.4 is 4.90 Å². The summed E-state index contributed by atoms with van der Waals surface area (Å²) in [6.45, 7) is 0. The summed E-state index contributed by atoms with van der Waals surface area (Å²) in [7, 11) is 1.72. The molecular formula is C22H19ClN4O2S2. The first-order chi connectivity index (χ1) is 15.0. The molecule has 0 saturated heterocycles. The van der Waals surface area contributed by atoms with Crippen molar-refractivity contribution in [3.05, 3.63) is 76.3 Å². The van der Waals surface area contributed by atoms with Gasteiger partial charge in [-0.25, -0.2) is 4.98 Å². The standard InChI is InChI=1S/C22H19ClN4O2S2/c1-27(22-24-19(13-30-22)16-9-5-6-10-17(16)23)21(29)15(11-14-7-3-2-4-8-14)12-18-20(28)26-31-25-18/h2-10,13,15H,11-12H2,1H3,(H,26,28). The molecule has 9 heteroatoms. The summed E-state index contributed by atoms with van der Waals surface area (Å²) in [4.78, 5) is 19.6. The molecule has 1 atom stereocenters. The first kappa shape index (κ1) is 21.4. The first-order valence-corrected chi connectivity index (χ1v) is 11.5. The topological polar surface area (TPSA) is 79.2 Å². The lowest BCUT2D eigenvalue weighted by Gasteiger charge is -2.21. The summed E-state index contributed by atoms with van der Waals surface area (Å²) >= 11 is 8.61. The quantitative estimate of drug-likeness (QED) is 0.407. The molecule has 0 aliphatic heterocycles. The van der Waals surface area contributed by atoms with Gasteiger partial charge in [-0.15, -0.1) is 15.7 Å². The van der Waals surface area contributed by atoms with E-state index in [0.717, 1.165) is 28.5 Å². The van der Waals surface area contributed by atoms with Gasteiger partial charge in [-0.3, -0.25) is 9.69 Å². The summed E-state index contributed by atoms with van der Waals surface area (Å²) in [5.41, 5.74) is 3.02. The van der Waals surface area contributed by atoms with Crippen LogP contribution in [-0.2, 0) is 17.6 Å². The van der Waals surface area contributed by atoms with E-state index in [2.05, 4.69) is 13.7 Å². The van der Waals surface area contributed by atoms with Crippen LogP contribution in [0.1, 0.15) is 11.3 Å². The van der Waals surface area contributed by atoms with Crippen LogP contribution in [0.4, 0.5) is 5.13 Å². The Hall–Kier alpha value is -2.81. The molecule has 1 unspecified atom stereocenters. The zero-order valence-corrected chi connectivity index (χ0v) is 19.0. The molecule has 4 rings (SSSR count). The van der Waals surface area contributed by atoms with Crippen LogP contribution >= 0.6 is 34.7 Å². The number of hydrogen-bond acceptors (Lipinski definition) is 7. The Morgan fingerprint density at radius 2 is 1.84 bits per heavy atom. The van der Waals surface area contributed by atoms with E-state index in [4.69, 9.17) is 11.6 Å². The number of carbonyl (C=O) groups excluding carboxylic acids is 1. The molecule has 0 fully saturated rings. The average Bonchev–Trinajstić information content (AvgIpc) is 3.43. The predicted molar refractivity (Wildman–Crippen MR) is 125 cm³/mol. The second kappa shape index (κ2) is 9.55. The highest BCUT2D eigenvalue weighted by Crippen LogP contribution is 2.32. The fraction of sp³-hybridized carbons (Fsp3) is 0.182. The molecule has 1 amide bonds. The van der Waals surface area contributed by atoms with E-state index in [0.29, 0.717) is 28.7 Å². The van der Waals surface area contributed by atoms with Crippen molar-refractivity contribution in [1.29, 1.82) is 0 Å².